The van der Waals surface area contributed by atoms with Crippen LogP contribution in [0.4, 0.5) is 14.5 Å². The number of nitrogens with one attached hydrogen (secondary N) is 1. The molecular formula is C18H20F2N2O2. The van der Waals surface area contributed by atoms with Crippen LogP contribution < -0.4 is 10.1 Å². The Morgan fingerprint density at radius 1 is 1.12 bits per heavy atom. The third kappa shape index (κ3) is 6.34. The summed E-state index contributed by atoms with van der Waals surface area (Å²) in [6, 6.07) is 11.6. The molecule has 2 rings (SSSR count). The topological polar surface area (TPSA) is 41.6 Å². The van der Waals surface area contributed by atoms with Gasteiger partial charge in [0.05, 0.1) is 13.2 Å². The van der Waals surface area contributed by atoms with Crippen LogP contribution in [0, 0.1) is 11.6 Å². The summed E-state index contributed by atoms with van der Waals surface area (Å²) in [4.78, 5) is 13.7. The highest BCUT2D eigenvalue weighted by Gasteiger charge is 2.07. The molecular weight excluding hydrogens is 314 g/mol. The van der Waals surface area contributed by atoms with E-state index in [9.17, 15) is 13.6 Å². The molecule has 0 heterocycles. The Hall–Kier alpha value is -2.47. The van der Waals surface area contributed by atoms with Gasteiger partial charge in [0.25, 0.3) is 0 Å². The molecule has 6 heteroatoms. The highest BCUT2D eigenvalue weighted by Crippen LogP contribution is 2.11. The van der Waals surface area contributed by atoms with E-state index in [1.165, 1.54) is 24.3 Å². The molecule has 0 spiro atoms. The fourth-order valence-electron chi connectivity index (χ4n) is 2.15. The first-order chi connectivity index (χ1) is 11.5. The van der Waals surface area contributed by atoms with Crippen LogP contribution >= 0.6 is 0 Å². The fraction of sp³-hybridized carbons (Fsp3) is 0.278. The van der Waals surface area contributed by atoms with Crippen LogP contribution in [0.2, 0.25) is 0 Å². The maximum absolute atomic E-state index is 13.1. The van der Waals surface area contributed by atoms with E-state index in [0.717, 1.165) is 6.42 Å². The molecule has 0 aliphatic rings. The molecule has 2 aromatic rings. The van der Waals surface area contributed by atoms with Crippen LogP contribution in [-0.4, -0.2) is 37.6 Å². The smallest absolute Gasteiger partial charge is 0.238 e. The van der Waals surface area contributed by atoms with Crippen LogP contribution in [0.1, 0.15) is 6.42 Å². The first-order valence-electron chi connectivity index (χ1n) is 7.65. The van der Waals surface area contributed by atoms with Gasteiger partial charge in [0.15, 0.2) is 0 Å². The summed E-state index contributed by atoms with van der Waals surface area (Å²) in [5.74, 6) is -0.282. The Morgan fingerprint density at radius 3 is 2.58 bits per heavy atom. The van der Waals surface area contributed by atoms with Gasteiger partial charge in [0.1, 0.15) is 17.4 Å². The monoisotopic (exact) mass is 334 g/mol. The summed E-state index contributed by atoms with van der Waals surface area (Å²) in [7, 11) is 1.82. The quantitative estimate of drug-likeness (QED) is 0.753. The Kier molecular flexibility index (Phi) is 6.69. The lowest BCUT2D eigenvalue weighted by atomic mass is 10.3. The maximum atomic E-state index is 13.1. The van der Waals surface area contributed by atoms with Crippen LogP contribution in [0.5, 0.6) is 5.75 Å². The van der Waals surface area contributed by atoms with Crippen molar-refractivity contribution in [2.75, 3.05) is 32.1 Å². The first-order valence-corrected chi connectivity index (χ1v) is 7.65. The van der Waals surface area contributed by atoms with E-state index in [0.29, 0.717) is 24.6 Å². The first kappa shape index (κ1) is 17.9. The largest absolute Gasteiger partial charge is 0.494 e. The van der Waals surface area contributed by atoms with Crippen molar-refractivity contribution in [3.63, 3.8) is 0 Å². The molecule has 0 unspecified atom stereocenters. The number of anilines is 1. The van der Waals surface area contributed by atoms with Crippen molar-refractivity contribution < 1.29 is 18.3 Å². The number of ether oxygens (including phenoxy) is 1. The van der Waals surface area contributed by atoms with E-state index in [2.05, 4.69) is 5.32 Å². The van der Waals surface area contributed by atoms with Gasteiger partial charge in [-0.2, -0.15) is 0 Å². The predicted molar refractivity (Wildman–Crippen MR) is 89.0 cm³/mol. The van der Waals surface area contributed by atoms with E-state index in [1.54, 1.807) is 24.3 Å². The molecule has 0 aliphatic carbocycles. The summed E-state index contributed by atoms with van der Waals surface area (Å²) >= 11 is 0. The average molecular weight is 334 g/mol. The summed E-state index contributed by atoms with van der Waals surface area (Å²) < 4.78 is 31.3. The van der Waals surface area contributed by atoms with Gasteiger partial charge in [-0.15, -0.1) is 0 Å². The van der Waals surface area contributed by atoms with Gasteiger partial charge in [-0.25, -0.2) is 8.78 Å². The van der Waals surface area contributed by atoms with E-state index >= 15 is 0 Å². The minimum absolute atomic E-state index is 0.201. The number of hydrogen-bond donors (Lipinski definition) is 1. The highest BCUT2D eigenvalue weighted by atomic mass is 19.1. The molecule has 0 fully saturated rings. The van der Waals surface area contributed by atoms with Crippen molar-refractivity contribution in [1.29, 1.82) is 0 Å². The van der Waals surface area contributed by atoms with E-state index < -0.39 is 0 Å². The van der Waals surface area contributed by atoms with Crippen molar-refractivity contribution in [3.05, 3.63) is 60.2 Å². The number of carbonyl (C=O) groups excluding carboxylic acids is 1. The van der Waals surface area contributed by atoms with Gasteiger partial charge in [-0.3, -0.25) is 9.69 Å². The number of rotatable bonds is 8. The van der Waals surface area contributed by atoms with E-state index in [4.69, 9.17) is 4.74 Å². The summed E-state index contributed by atoms with van der Waals surface area (Å²) in [5.41, 5.74) is 0.438. The molecule has 0 bridgehead atoms. The van der Waals surface area contributed by atoms with Crippen molar-refractivity contribution in [1.82, 2.24) is 4.90 Å². The van der Waals surface area contributed by atoms with Crippen molar-refractivity contribution in [3.8, 4) is 5.75 Å². The number of carbonyl (C=O) groups is 1. The van der Waals surface area contributed by atoms with Crippen LogP contribution in [-0.2, 0) is 4.79 Å². The third-order valence-electron chi connectivity index (χ3n) is 3.29. The second kappa shape index (κ2) is 8.98. The van der Waals surface area contributed by atoms with Gasteiger partial charge >= 0.3 is 0 Å². The van der Waals surface area contributed by atoms with Gasteiger partial charge in [-0.05, 0) is 55.9 Å². The van der Waals surface area contributed by atoms with E-state index in [1.807, 2.05) is 11.9 Å². The number of hydrogen-bond acceptors (Lipinski definition) is 3. The zero-order chi connectivity index (χ0) is 17.4. The average Bonchev–Trinajstić information content (AvgIpc) is 2.53. The zero-order valence-corrected chi connectivity index (χ0v) is 13.5. The molecule has 1 amide bonds. The number of nitrogens with zero attached hydrogens (tertiary/aromatic N) is 1. The molecule has 1 N–H and O–H groups in total. The summed E-state index contributed by atoms with van der Waals surface area (Å²) in [6.45, 7) is 1.34. The molecule has 0 aromatic heterocycles. The summed E-state index contributed by atoms with van der Waals surface area (Å²) in [5, 5.41) is 2.65. The molecule has 0 saturated heterocycles. The zero-order valence-electron chi connectivity index (χ0n) is 13.5. The minimum atomic E-state index is -0.390. The Bertz CT molecular complexity index is 662. The molecule has 0 radical (unpaired) electrons. The second-order valence-electron chi connectivity index (χ2n) is 5.45. The fourth-order valence-corrected chi connectivity index (χ4v) is 2.15. The summed E-state index contributed by atoms with van der Waals surface area (Å²) in [6.07, 6.45) is 0.723. The predicted octanol–water partition coefficient (Wildman–Crippen LogP) is 3.30. The molecule has 0 saturated carbocycles. The van der Waals surface area contributed by atoms with Gasteiger partial charge in [0, 0.05) is 12.2 Å². The molecule has 128 valence electrons. The van der Waals surface area contributed by atoms with E-state index in [-0.39, 0.29) is 24.1 Å². The Morgan fingerprint density at radius 2 is 1.88 bits per heavy atom. The molecule has 0 atom stereocenters. The minimum Gasteiger partial charge on any atom is -0.494 e. The van der Waals surface area contributed by atoms with Gasteiger partial charge in [0.2, 0.25) is 5.91 Å². The maximum Gasteiger partial charge on any atom is 0.238 e. The lowest BCUT2D eigenvalue weighted by Gasteiger charge is -2.16. The van der Waals surface area contributed by atoms with Crippen molar-refractivity contribution >= 4 is 11.6 Å². The molecule has 0 aliphatic heterocycles. The lowest BCUT2D eigenvalue weighted by molar-refractivity contribution is -0.117. The number of amides is 1. The van der Waals surface area contributed by atoms with Gasteiger partial charge < -0.3 is 10.1 Å². The standard InChI is InChI=1S/C18H20F2N2O2/c1-22(10-3-11-24-17-8-6-14(19)7-9-17)13-18(23)21-16-5-2-4-15(20)12-16/h2,4-9,12H,3,10-11,13H2,1H3,(H,21,23). The normalized spacial score (nSPS) is 10.7. The highest BCUT2D eigenvalue weighted by molar-refractivity contribution is 5.92. The number of benzene rings is 2. The number of halogens is 2. The molecule has 4 nitrogen and oxygen atoms in total. The van der Waals surface area contributed by atoms with Gasteiger partial charge in [-0.1, -0.05) is 6.07 Å². The second-order valence-corrected chi connectivity index (χ2v) is 5.45. The molecule has 24 heavy (non-hydrogen) atoms. The third-order valence-corrected chi connectivity index (χ3v) is 3.29. The van der Waals surface area contributed by atoms with Crippen LogP contribution in [0.15, 0.2) is 48.5 Å². The van der Waals surface area contributed by atoms with Crippen LogP contribution in [0.25, 0.3) is 0 Å². The molecule has 2 aromatic carbocycles. The van der Waals surface area contributed by atoms with Crippen LogP contribution in [0.3, 0.4) is 0 Å². The Balaban J connectivity index is 1.64. The lowest BCUT2D eigenvalue weighted by Crippen LogP contribution is -2.31. The van der Waals surface area contributed by atoms with Crippen molar-refractivity contribution in [2.24, 2.45) is 0 Å². The SMILES string of the molecule is CN(CCCOc1ccc(F)cc1)CC(=O)Nc1cccc(F)c1. The number of likely N-dealkylation sites (N-methyl/N-ethyl adjacent to an activating group) is 1. The Labute approximate surface area is 140 Å². The van der Waals surface area contributed by atoms with Crippen molar-refractivity contribution in [2.45, 2.75) is 6.42 Å².